The first-order valence-corrected chi connectivity index (χ1v) is 11.9. The molecule has 0 aliphatic carbocycles. The minimum absolute atomic E-state index is 0.0120. The van der Waals surface area contributed by atoms with Crippen molar-refractivity contribution < 1.29 is 31.9 Å². The van der Waals surface area contributed by atoms with E-state index in [1.54, 1.807) is 20.8 Å². The average molecular weight is 568 g/mol. The van der Waals surface area contributed by atoms with Crippen LogP contribution in [-0.2, 0) is 20.8 Å². The van der Waals surface area contributed by atoms with Gasteiger partial charge in [0, 0.05) is 12.0 Å². The fourth-order valence-electron chi connectivity index (χ4n) is 4.01. The highest BCUT2D eigenvalue weighted by molar-refractivity contribution is 6.48. The van der Waals surface area contributed by atoms with Crippen LogP contribution in [-0.4, -0.2) is 41.6 Å². The number of carbonyl (C=O) groups is 1. The first-order valence-electron chi connectivity index (χ1n) is 10.8. The molecule has 2 aliphatic rings. The van der Waals surface area contributed by atoms with Gasteiger partial charge in [-0.3, -0.25) is 0 Å². The van der Waals surface area contributed by atoms with Gasteiger partial charge < -0.3 is 14.5 Å². The van der Waals surface area contributed by atoms with Gasteiger partial charge in [0.05, 0.1) is 33.9 Å². The Balaban J connectivity index is 1.52. The van der Waals surface area contributed by atoms with Crippen LogP contribution in [0.15, 0.2) is 41.6 Å². The van der Waals surface area contributed by atoms with Crippen LogP contribution in [0.4, 0.5) is 22.4 Å². The maximum atomic E-state index is 15.3. The smallest absolute Gasteiger partial charge is 0.435 e. The van der Waals surface area contributed by atoms with Gasteiger partial charge in [0.2, 0.25) is 0 Å². The standard InChI is InChI=1S/C24H21Cl3F4N2O3/c1-21(2,3)35-20(34)33-11-22(28,12-33)14-6-4-13(5-7-14)18-10-23(36-32-18,24(29,30)31)15-8-16(25)19(27)17(26)9-15/h4-9H,10-12H2,1-3H3/t23-/m1/s1. The monoisotopic (exact) mass is 566 g/mol. The van der Waals surface area contributed by atoms with E-state index in [4.69, 9.17) is 44.4 Å². The quantitative estimate of drug-likeness (QED) is 0.283. The predicted molar refractivity (Wildman–Crippen MR) is 128 cm³/mol. The number of rotatable bonds is 3. The molecule has 0 unspecified atom stereocenters. The molecule has 12 heteroatoms. The lowest BCUT2D eigenvalue weighted by atomic mass is 9.85. The Morgan fingerprint density at radius 3 is 2.08 bits per heavy atom. The predicted octanol–water partition coefficient (Wildman–Crippen LogP) is 7.64. The molecular weight excluding hydrogens is 547 g/mol. The van der Waals surface area contributed by atoms with Crippen LogP contribution in [0.1, 0.15) is 43.9 Å². The number of oxime groups is 1. The Bertz CT molecular complexity index is 1200. The lowest BCUT2D eigenvalue weighted by Gasteiger charge is -2.44. The van der Waals surface area contributed by atoms with Crippen molar-refractivity contribution in [3.8, 4) is 0 Å². The van der Waals surface area contributed by atoms with Crippen molar-refractivity contribution in [1.29, 1.82) is 0 Å². The van der Waals surface area contributed by atoms with Gasteiger partial charge in [-0.2, -0.15) is 13.2 Å². The third-order valence-electron chi connectivity index (χ3n) is 5.91. The molecule has 2 aliphatic heterocycles. The number of alkyl halides is 4. The van der Waals surface area contributed by atoms with Crippen molar-refractivity contribution in [3.63, 3.8) is 0 Å². The zero-order chi connectivity index (χ0) is 26.7. The van der Waals surface area contributed by atoms with Gasteiger partial charge in [-0.15, -0.1) is 0 Å². The molecule has 0 radical (unpaired) electrons. The number of amides is 1. The number of benzene rings is 2. The molecule has 1 saturated heterocycles. The molecule has 36 heavy (non-hydrogen) atoms. The number of likely N-dealkylation sites (tertiary alicyclic amines) is 1. The van der Waals surface area contributed by atoms with E-state index >= 15 is 4.39 Å². The van der Waals surface area contributed by atoms with E-state index in [2.05, 4.69) is 5.16 Å². The molecule has 2 aromatic rings. The number of ether oxygens (including phenoxy) is 1. The van der Waals surface area contributed by atoms with E-state index < -0.39 is 35.6 Å². The zero-order valence-electron chi connectivity index (χ0n) is 19.4. The summed E-state index contributed by atoms with van der Waals surface area (Å²) in [5.41, 5.74) is -5.04. The number of carbonyl (C=O) groups excluding carboxylic acids is 1. The van der Waals surface area contributed by atoms with Crippen molar-refractivity contribution in [1.82, 2.24) is 4.90 Å². The number of hydrogen-bond acceptors (Lipinski definition) is 4. The summed E-state index contributed by atoms with van der Waals surface area (Å²) in [6, 6.07) is 7.92. The molecule has 1 fully saturated rings. The van der Waals surface area contributed by atoms with Gasteiger partial charge in [0.25, 0.3) is 5.60 Å². The second-order valence-corrected chi connectivity index (χ2v) is 11.0. The fourth-order valence-corrected chi connectivity index (χ4v) is 4.60. The summed E-state index contributed by atoms with van der Waals surface area (Å²) >= 11 is 17.8. The van der Waals surface area contributed by atoms with E-state index in [0.717, 1.165) is 12.1 Å². The molecule has 2 heterocycles. The van der Waals surface area contributed by atoms with Crippen LogP contribution in [0.5, 0.6) is 0 Å². The summed E-state index contributed by atoms with van der Waals surface area (Å²) in [5, 5.41) is 3.31. The maximum absolute atomic E-state index is 15.3. The SMILES string of the molecule is CC(C)(C)OC(=O)N1CC(F)(c2ccc(C3=NO[C@](c4cc(Cl)c(Cl)c(Cl)c4)(C(F)(F)F)C3)cc2)C1. The van der Waals surface area contributed by atoms with Gasteiger partial charge in [0.15, 0.2) is 5.67 Å². The summed E-state index contributed by atoms with van der Waals surface area (Å²) in [6.07, 6.45) is -6.13. The molecule has 2 aromatic carbocycles. The van der Waals surface area contributed by atoms with E-state index in [-0.39, 0.29) is 45.0 Å². The van der Waals surface area contributed by atoms with Gasteiger partial charge >= 0.3 is 12.3 Å². The first-order chi connectivity index (χ1) is 16.5. The van der Waals surface area contributed by atoms with Crippen molar-refractivity contribution in [2.45, 2.75) is 50.2 Å². The molecule has 194 valence electrons. The van der Waals surface area contributed by atoms with Crippen molar-refractivity contribution in [3.05, 3.63) is 68.2 Å². The van der Waals surface area contributed by atoms with Crippen molar-refractivity contribution in [2.24, 2.45) is 5.16 Å². The lowest BCUT2D eigenvalue weighted by Crippen LogP contribution is -2.59. The van der Waals surface area contributed by atoms with Crippen molar-refractivity contribution >= 4 is 46.6 Å². The third kappa shape index (κ3) is 4.85. The van der Waals surface area contributed by atoms with E-state index in [1.165, 1.54) is 29.2 Å². The summed E-state index contributed by atoms with van der Waals surface area (Å²) in [4.78, 5) is 18.3. The lowest BCUT2D eigenvalue weighted by molar-refractivity contribution is -0.275. The van der Waals surface area contributed by atoms with Crippen molar-refractivity contribution in [2.75, 3.05) is 13.1 Å². The molecule has 0 spiro atoms. The molecule has 0 N–H and O–H groups in total. The summed E-state index contributed by atoms with van der Waals surface area (Å²) in [7, 11) is 0. The van der Waals surface area contributed by atoms with Crippen LogP contribution in [0.2, 0.25) is 15.1 Å². The number of nitrogens with zero attached hydrogens (tertiary/aromatic N) is 2. The van der Waals surface area contributed by atoms with E-state index in [1.807, 2.05) is 0 Å². The summed E-state index contributed by atoms with van der Waals surface area (Å²) in [6.45, 7) is 4.75. The van der Waals surface area contributed by atoms with Gasteiger partial charge in [-0.25, -0.2) is 9.18 Å². The first kappa shape index (κ1) is 26.8. The summed E-state index contributed by atoms with van der Waals surface area (Å²) < 4.78 is 63.2. The van der Waals surface area contributed by atoms with Crippen LogP contribution in [0.25, 0.3) is 0 Å². The Hall–Kier alpha value is -2.23. The number of hydrogen-bond donors (Lipinski definition) is 0. The maximum Gasteiger partial charge on any atom is 0.435 e. The topological polar surface area (TPSA) is 51.1 Å². The molecule has 1 amide bonds. The average Bonchev–Trinajstić information content (AvgIpc) is 3.21. The highest BCUT2D eigenvalue weighted by Crippen LogP contribution is 2.50. The Morgan fingerprint density at radius 2 is 1.58 bits per heavy atom. The van der Waals surface area contributed by atoms with Gasteiger partial charge in [-0.05, 0) is 44.0 Å². The molecule has 5 nitrogen and oxygen atoms in total. The Kier molecular flexibility index (Phi) is 6.67. The molecule has 0 bridgehead atoms. The fraction of sp³-hybridized carbons (Fsp3) is 0.417. The minimum Gasteiger partial charge on any atom is -0.444 e. The van der Waals surface area contributed by atoms with Crippen LogP contribution in [0, 0.1) is 0 Å². The molecular formula is C24H21Cl3F4N2O3. The molecule has 0 aromatic heterocycles. The normalized spacial score (nSPS) is 21.5. The largest absolute Gasteiger partial charge is 0.444 e. The van der Waals surface area contributed by atoms with E-state index in [9.17, 15) is 18.0 Å². The van der Waals surface area contributed by atoms with Crippen LogP contribution in [0.3, 0.4) is 0 Å². The second-order valence-electron chi connectivity index (χ2n) is 9.76. The highest BCUT2D eigenvalue weighted by atomic mass is 35.5. The number of halogens is 7. The zero-order valence-corrected chi connectivity index (χ0v) is 21.6. The molecule has 0 saturated carbocycles. The highest BCUT2D eigenvalue weighted by Gasteiger charge is 2.62. The summed E-state index contributed by atoms with van der Waals surface area (Å²) in [5.74, 6) is 0. The third-order valence-corrected chi connectivity index (χ3v) is 7.10. The van der Waals surface area contributed by atoms with E-state index in [0.29, 0.717) is 5.56 Å². The van der Waals surface area contributed by atoms with Gasteiger partial charge in [-0.1, -0.05) is 64.2 Å². The Morgan fingerprint density at radius 1 is 1.03 bits per heavy atom. The Labute approximate surface area is 219 Å². The van der Waals surface area contributed by atoms with Crippen LogP contribution >= 0.6 is 34.8 Å². The minimum atomic E-state index is -4.86. The van der Waals surface area contributed by atoms with Crippen LogP contribution < -0.4 is 0 Å². The van der Waals surface area contributed by atoms with Gasteiger partial charge in [0.1, 0.15) is 5.60 Å². The molecule has 4 rings (SSSR count). The molecule has 1 atom stereocenters. The second kappa shape index (κ2) is 8.96.